The summed E-state index contributed by atoms with van der Waals surface area (Å²) in [5.41, 5.74) is 0. The van der Waals surface area contributed by atoms with Gasteiger partial charge in [0, 0.05) is 25.2 Å². The van der Waals surface area contributed by atoms with Crippen LogP contribution in [0.2, 0.25) is 0 Å². The second kappa shape index (κ2) is 3.94. The van der Waals surface area contributed by atoms with Crippen LogP contribution in [0.15, 0.2) is 0 Å². The first kappa shape index (κ1) is 11.0. The first-order valence-electron chi connectivity index (χ1n) is 6.19. The first-order valence-corrected chi connectivity index (χ1v) is 7.58. The molecule has 6 heteroatoms. The van der Waals surface area contributed by atoms with Gasteiger partial charge in [-0.1, -0.05) is 0 Å². The minimum Gasteiger partial charge on any atom is -0.317 e. The Morgan fingerprint density at radius 1 is 0.875 bits per heavy atom. The molecule has 0 radical (unpaired) electrons. The van der Waals surface area contributed by atoms with E-state index in [1.165, 1.54) is 0 Å². The van der Waals surface area contributed by atoms with Gasteiger partial charge < -0.3 is 5.32 Å². The molecule has 0 aromatic rings. The van der Waals surface area contributed by atoms with E-state index in [0.717, 1.165) is 38.8 Å². The summed E-state index contributed by atoms with van der Waals surface area (Å²) >= 11 is 0. The third-order valence-electron chi connectivity index (χ3n) is 3.80. The van der Waals surface area contributed by atoms with Crippen molar-refractivity contribution in [2.24, 2.45) is 0 Å². The van der Waals surface area contributed by atoms with Crippen LogP contribution in [-0.2, 0) is 10.2 Å². The molecule has 0 amide bonds. The van der Waals surface area contributed by atoms with Crippen molar-refractivity contribution in [3.63, 3.8) is 0 Å². The average molecular weight is 245 g/mol. The highest BCUT2D eigenvalue weighted by Crippen LogP contribution is 2.34. The van der Waals surface area contributed by atoms with E-state index in [0.29, 0.717) is 19.1 Å². The van der Waals surface area contributed by atoms with Gasteiger partial charge >= 0.3 is 0 Å². The predicted octanol–water partition coefficient (Wildman–Crippen LogP) is -0.237. The molecule has 92 valence electrons. The Morgan fingerprint density at radius 2 is 1.38 bits per heavy atom. The van der Waals surface area contributed by atoms with Crippen LogP contribution in [0.4, 0.5) is 0 Å². The van der Waals surface area contributed by atoms with Crippen molar-refractivity contribution in [1.82, 2.24) is 13.9 Å². The smallest absolute Gasteiger partial charge is 0.282 e. The van der Waals surface area contributed by atoms with Crippen LogP contribution in [-0.4, -0.2) is 55.3 Å². The van der Waals surface area contributed by atoms with Crippen molar-refractivity contribution in [3.05, 3.63) is 0 Å². The molecule has 2 aliphatic heterocycles. The highest BCUT2D eigenvalue weighted by Gasteiger charge is 2.47. The van der Waals surface area contributed by atoms with Gasteiger partial charge in [-0.25, -0.2) is 0 Å². The number of nitrogens with one attached hydrogen (secondary N) is 1. The summed E-state index contributed by atoms with van der Waals surface area (Å²) in [6.45, 7) is 3.29. The Morgan fingerprint density at radius 3 is 1.88 bits per heavy atom. The molecule has 0 atom stereocenters. The SMILES string of the molecule is O=S1(=O)N(C2CCNCC2)CCN1C1CC1. The van der Waals surface area contributed by atoms with Crippen LogP contribution in [0.25, 0.3) is 0 Å². The summed E-state index contributed by atoms with van der Waals surface area (Å²) in [7, 11) is -3.13. The van der Waals surface area contributed by atoms with Gasteiger partial charge in [-0.05, 0) is 38.8 Å². The van der Waals surface area contributed by atoms with E-state index in [1.807, 2.05) is 0 Å². The molecule has 0 aromatic carbocycles. The fraction of sp³-hybridized carbons (Fsp3) is 1.00. The van der Waals surface area contributed by atoms with Gasteiger partial charge in [0.25, 0.3) is 10.2 Å². The molecular weight excluding hydrogens is 226 g/mol. The van der Waals surface area contributed by atoms with Gasteiger partial charge in [0.2, 0.25) is 0 Å². The van der Waals surface area contributed by atoms with Crippen LogP contribution in [0.1, 0.15) is 25.7 Å². The number of piperidine rings is 1. The largest absolute Gasteiger partial charge is 0.317 e. The van der Waals surface area contributed by atoms with E-state index in [2.05, 4.69) is 5.32 Å². The fourth-order valence-corrected chi connectivity index (χ4v) is 4.83. The maximum atomic E-state index is 12.3. The lowest BCUT2D eigenvalue weighted by atomic mass is 10.1. The van der Waals surface area contributed by atoms with E-state index in [9.17, 15) is 8.42 Å². The summed E-state index contributed by atoms with van der Waals surface area (Å²) in [5, 5.41) is 3.28. The molecular formula is C10H19N3O2S. The van der Waals surface area contributed by atoms with Gasteiger partial charge in [-0.15, -0.1) is 0 Å². The molecule has 0 unspecified atom stereocenters. The second-order valence-corrected chi connectivity index (χ2v) is 6.78. The minimum absolute atomic E-state index is 0.231. The molecule has 0 spiro atoms. The van der Waals surface area contributed by atoms with Crippen LogP contribution < -0.4 is 5.32 Å². The van der Waals surface area contributed by atoms with E-state index >= 15 is 0 Å². The minimum atomic E-state index is -3.13. The molecule has 5 nitrogen and oxygen atoms in total. The Labute approximate surface area is 97.0 Å². The Hall–Kier alpha value is -0.170. The quantitative estimate of drug-likeness (QED) is 0.731. The number of rotatable bonds is 2. The number of hydrogen-bond donors (Lipinski definition) is 1. The zero-order chi connectivity index (χ0) is 11.2. The molecule has 16 heavy (non-hydrogen) atoms. The summed E-state index contributed by atoms with van der Waals surface area (Å²) in [6.07, 6.45) is 4.02. The van der Waals surface area contributed by atoms with Gasteiger partial charge in [0.15, 0.2) is 0 Å². The molecule has 3 rings (SSSR count). The summed E-state index contributed by atoms with van der Waals surface area (Å²) < 4.78 is 28.1. The predicted molar refractivity (Wildman–Crippen MR) is 61.2 cm³/mol. The number of nitrogens with zero attached hydrogens (tertiary/aromatic N) is 2. The molecule has 0 aromatic heterocycles. The topological polar surface area (TPSA) is 52.7 Å². The molecule has 1 aliphatic carbocycles. The van der Waals surface area contributed by atoms with Crippen molar-refractivity contribution in [3.8, 4) is 0 Å². The van der Waals surface area contributed by atoms with Crippen LogP contribution >= 0.6 is 0 Å². The highest BCUT2D eigenvalue weighted by atomic mass is 32.2. The van der Waals surface area contributed by atoms with Crippen molar-refractivity contribution < 1.29 is 8.42 Å². The van der Waals surface area contributed by atoms with Gasteiger partial charge in [0.05, 0.1) is 0 Å². The third-order valence-corrected chi connectivity index (χ3v) is 5.95. The van der Waals surface area contributed by atoms with Crippen LogP contribution in [0, 0.1) is 0 Å². The van der Waals surface area contributed by atoms with Crippen molar-refractivity contribution in [1.29, 1.82) is 0 Å². The van der Waals surface area contributed by atoms with Gasteiger partial charge in [-0.2, -0.15) is 17.0 Å². The van der Waals surface area contributed by atoms with Crippen LogP contribution in [0.3, 0.4) is 0 Å². The molecule has 3 fully saturated rings. The monoisotopic (exact) mass is 245 g/mol. The van der Waals surface area contributed by atoms with Crippen molar-refractivity contribution in [2.75, 3.05) is 26.2 Å². The second-order valence-electron chi connectivity index (χ2n) is 4.94. The van der Waals surface area contributed by atoms with E-state index in [-0.39, 0.29) is 6.04 Å². The fourth-order valence-electron chi connectivity index (χ4n) is 2.76. The third kappa shape index (κ3) is 1.77. The van der Waals surface area contributed by atoms with E-state index in [4.69, 9.17) is 0 Å². The molecule has 1 N–H and O–H groups in total. The molecule has 3 aliphatic rings. The average Bonchev–Trinajstić information content (AvgIpc) is 3.05. The first-order chi connectivity index (χ1) is 7.69. The lowest BCUT2D eigenvalue weighted by Crippen LogP contribution is -2.45. The highest BCUT2D eigenvalue weighted by molar-refractivity contribution is 7.87. The Balaban J connectivity index is 1.76. The maximum absolute atomic E-state index is 12.3. The molecule has 0 bridgehead atoms. The van der Waals surface area contributed by atoms with Gasteiger partial charge in [-0.3, -0.25) is 0 Å². The van der Waals surface area contributed by atoms with E-state index in [1.54, 1.807) is 8.61 Å². The summed E-state index contributed by atoms with van der Waals surface area (Å²) in [4.78, 5) is 0. The Kier molecular flexibility index (Phi) is 2.70. The lowest BCUT2D eigenvalue weighted by molar-refractivity contribution is 0.280. The summed E-state index contributed by atoms with van der Waals surface area (Å²) in [6, 6.07) is 0.548. The molecule has 2 saturated heterocycles. The molecule has 2 heterocycles. The normalized spacial score (nSPS) is 33.2. The van der Waals surface area contributed by atoms with Crippen LogP contribution in [0.5, 0.6) is 0 Å². The van der Waals surface area contributed by atoms with Gasteiger partial charge in [0.1, 0.15) is 0 Å². The van der Waals surface area contributed by atoms with Crippen molar-refractivity contribution in [2.45, 2.75) is 37.8 Å². The number of hydrogen-bond acceptors (Lipinski definition) is 3. The summed E-state index contributed by atoms with van der Waals surface area (Å²) in [5.74, 6) is 0. The maximum Gasteiger partial charge on any atom is 0.282 e. The van der Waals surface area contributed by atoms with E-state index < -0.39 is 10.2 Å². The zero-order valence-corrected chi connectivity index (χ0v) is 10.2. The Bertz CT molecular complexity index is 360. The molecule has 1 saturated carbocycles. The zero-order valence-electron chi connectivity index (χ0n) is 9.43. The van der Waals surface area contributed by atoms with Crippen molar-refractivity contribution >= 4 is 10.2 Å². The standard InChI is InChI=1S/C10H19N3O2S/c14-16(15)12(9-1-2-9)7-8-13(16)10-3-5-11-6-4-10/h9-11H,1-8H2. The lowest BCUT2D eigenvalue weighted by Gasteiger charge is -2.30.